The molecule has 0 atom stereocenters. The molecule has 0 aliphatic carbocycles. The molecule has 2 aromatic heterocycles. The number of benzene rings is 9. The van der Waals surface area contributed by atoms with Gasteiger partial charge in [-0.05, 0) is 62.0 Å². The maximum atomic E-state index is 5.21. The monoisotopic (exact) mass is 674 g/mol. The molecule has 2 heterocycles. The average Bonchev–Trinajstić information content (AvgIpc) is 3.58. The number of para-hydroxylation sites is 1. The van der Waals surface area contributed by atoms with Crippen LogP contribution in [0.3, 0.4) is 0 Å². The topological polar surface area (TPSA) is 43.6 Å². The zero-order chi connectivity index (χ0) is 34.9. The van der Waals surface area contributed by atoms with E-state index in [1.165, 1.54) is 48.5 Å². The van der Waals surface area contributed by atoms with Crippen molar-refractivity contribution < 1.29 is 0 Å². The smallest absolute Gasteiger partial charge is 0.164 e. The van der Waals surface area contributed by atoms with E-state index in [1.54, 1.807) is 0 Å². The molecule has 0 bridgehead atoms. The van der Waals surface area contributed by atoms with E-state index in [2.05, 4.69) is 150 Å². The van der Waals surface area contributed by atoms with Crippen molar-refractivity contribution in [2.75, 3.05) is 0 Å². The molecule has 246 valence electrons. The van der Waals surface area contributed by atoms with Gasteiger partial charge in [0.2, 0.25) is 0 Å². The third kappa shape index (κ3) is 4.59. The molecule has 4 nitrogen and oxygen atoms in total. The fraction of sp³-hybridized carbons (Fsp3) is 0. The lowest BCUT2D eigenvalue weighted by atomic mass is 9.91. The third-order valence-corrected chi connectivity index (χ3v) is 10.6. The molecule has 0 saturated heterocycles. The summed E-state index contributed by atoms with van der Waals surface area (Å²) < 4.78 is 2.46. The lowest BCUT2D eigenvalue weighted by molar-refractivity contribution is 1.07. The number of aromatic nitrogens is 4. The van der Waals surface area contributed by atoms with Crippen molar-refractivity contribution in [2.24, 2.45) is 0 Å². The van der Waals surface area contributed by atoms with Crippen LogP contribution in [0.4, 0.5) is 0 Å². The number of hydrogen-bond donors (Lipinski definition) is 0. The molecule has 0 unspecified atom stereocenters. The zero-order valence-electron chi connectivity index (χ0n) is 28.6. The number of fused-ring (bicyclic) bond motifs is 11. The first-order valence-electron chi connectivity index (χ1n) is 18.0. The van der Waals surface area contributed by atoms with Gasteiger partial charge in [0.25, 0.3) is 0 Å². The molecule has 0 aliphatic rings. The molecular formula is C49H30N4. The fourth-order valence-electron chi connectivity index (χ4n) is 8.25. The van der Waals surface area contributed by atoms with E-state index in [4.69, 9.17) is 15.0 Å². The summed E-state index contributed by atoms with van der Waals surface area (Å²) in [4.78, 5) is 15.4. The Morgan fingerprint density at radius 3 is 1.45 bits per heavy atom. The molecule has 0 N–H and O–H groups in total. The van der Waals surface area contributed by atoms with Gasteiger partial charge >= 0.3 is 0 Å². The van der Waals surface area contributed by atoms with Gasteiger partial charge in [0.15, 0.2) is 17.5 Å². The van der Waals surface area contributed by atoms with Crippen LogP contribution in [-0.2, 0) is 0 Å². The first-order chi connectivity index (χ1) is 26.3. The van der Waals surface area contributed by atoms with E-state index in [0.29, 0.717) is 17.5 Å². The molecule has 0 fully saturated rings. The van der Waals surface area contributed by atoms with Crippen molar-refractivity contribution in [1.82, 2.24) is 19.5 Å². The molecule has 11 rings (SSSR count). The molecule has 0 spiro atoms. The van der Waals surface area contributed by atoms with Crippen LogP contribution in [0.15, 0.2) is 182 Å². The predicted octanol–water partition coefficient (Wildman–Crippen LogP) is 12.6. The van der Waals surface area contributed by atoms with Gasteiger partial charge in [0.05, 0.1) is 16.7 Å². The Kier molecular flexibility index (Phi) is 6.52. The maximum Gasteiger partial charge on any atom is 0.164 e. The summed E-state index contributed by atoms with van der Waals surface area (Å²) in [5.74, 6) is 1.91. The molecule has 53 heavy (non-hydrogen) atoms. The van der Waals surface area contributed by atoms with E-state index in [-0.39, 0.29) is 0 Å². The van der Waals surface area contributed by atoms with Crippen molar-refractivity contribution in [3.63, 3.8) is 0 Å². The molecule has 9 aromatic carbocycles. The van der Waals surface area contributed by atoms with Crippen molar-refractivity contribution in [3.8, 4) is 39.9 Å². The molecule has 0 radical (unpaired) electrons. The van der Waals surface area contributed by atoms with Crippen LogP contribution in [0.5, 0.6) is 0 Å². The Hall–Kier alpha value is -7.17. The molecule has 0 aliphatic heterocycles. The van der Waals surface area contributed by atoms with Crippen LogP contribution in [0.25, 0.3) is 105 Å². The minimum absolute atomic E-state index is 0.629. The van der Waals surface area contributed by atoms with Gasteiger partial charge < -0.3 is 4.57 Å². The Balaban J connectivity index is 1.32. The second-order valence-electron chi connectivity index (χ2n) is 13.6. The van der Waals surface area contributed by atoms with E-state index in [0.717, 1.165) is 38.8 Å². The zero-order valence-corrected chi connectivity index (χ0v) is 28.6. The highest BCUT2D eigenvalue weighted by atomic mass is 15.0. The van der Waals surface area contributed by atoms with Gasteiger partial charge in [-0.15, -0.1) is 0 Å². The van der Waals surface area contributed by atoms with Gasteiger partial charge in [-0.25, -0.2) is 15.0 Å². The number of nitrogens with zero attached hydrogens (tertiary/aromatic N) is 4. The first kappa shape index (κ1) is 29.5. The van der Waals surface area contributed by atoms with Crippen LogP contribution in [0.1, 0.15) is 0 Å². The maximum absolute atomic E-state index is 5.21. The van der Waals surface area contributed by atoms with Crippen molar-refractivity contribution in [2.45, 2.75) is 0 Å². The summed E-state index contributed by atoms with van der Waals surface area (Å²) in [6, 6.07) is 64.5. The lowest BCUT2D eigenvalue weighted by Gasteiger charge is -2.18. The summed E-state index contributed by atoms with van der Waals surface area (Å²) in [6.45, 7) is 0. The van der Waals surface area contributed by atoms with Crippen molar-refractivity contribution in [3.05, 3.63) is 182 Å². The number of hydrogen-bond acceptors (Lipinski definition) is 3. The standard InChI is InChI=1S/C49H30N4/c1-3-16-32(17-4-1)47-50-48(33-18-5-2-6-19-33)52-49(51-47)34-29-41-38-23-10-9-21-36(38)37-22-11-12-24-39(37)46(41)44(30-34)53-42-26-14-13-25-40(42)45-35-20-8-7-15-31(35)27-28-43(45)53/h1-30H. The second kappa shape index (κ2) is 11.7. The number of rotatable bonds is 4. The molecule has 0 amide bonds. The van der Waals surface area contributed by atoms with E-state index >= 15 is 0 Å². The average molecular weight is 675 g/mol. The normalized spacial score (nSPS) is 11.8. The molecule has 0 saturated carbocycles. The van der Waals surface area contributed by atoms with Gasteiger partial charge in [0, 0.05) is 32.8 Å². The summed E-state index contributed by atoms with van der Waals surface area (Å²) >= 11 is 0. The summed E-state index contributed by atoms with van der Waals surface area (Å²) in [5, 5.41) is 12.1. The highest BCUT2D eigenvalue weighted by molar-refractivity contribution is 6.29. The van der Waals surface area contributed by atoms with Crippen LogP contribution in [0, 0.1) is 0 Å². The predicted molar refractivity (Wildman–Crippen MR) is 220 cm³/mol. The van der Waals surface area contributed by atoms with E-state index in [1.807, 2.05) is 36.4 Å². The van der Waals surface area contributed by atoms with Crippen molar-refractivity contribution >= 4 is 64.9 Å². The SMILES string of the molecule is c1ccc(-c2nc(-c3ccccc3)nc(-c3cc(-n4c5ccccc5c5c6ccccc6ccc54)c4c5ccccc5c5ccccc5c4c3)n2)cc1. The van der Waals surface area contributed by atoms with Gasteiger partial charge in [-0.1, -0.05) is 158 Å². The quantitative estimate of drug-likeness (QED) is 0.175. The lowest BCUT2D eigenvalue weighted by Crippen LogP contribution is -2.02. The van der Waals surface area contributed by atoms with Crippen LogP contribution < -0.4 is 0 Å². The third-order valence-electron chi connectivity index (χ3n) is 10.6. The largest absolute Gasteiger partial charge is 0.309 e. The Morgan fingerprint density at radius 1 is 0.302 bits per heavy atom. The van der Waals surface area contributed by atoms with Gasteiger partial charge in [-0.2, -0.15) is 0 Å². The van der Waals surface area contributed by atoms with Crippen LogP contribution >= 0.6 is 0 Å². The highest BCUT2D eigenvalue weighted by Gasteiger charge is 2.22. The Labute approximate surface area is 305 Å². The Bertz CT molecular complexity index is 3160. The van der Waals surface area contributed by atoms with Gasteiger partial charge in [0.1, 0.15) is 0 Å². The minimum Gasteiger partial charge on any atom is -0.309 e. The second-order valence-corrected chi connectivity index (χ2v) is 13.6. The molecule has 4 heteroatoms. The first-order valence-corrected chi connectivity index (χ1v) is 18.0. The van der Waals surface area contributed by atoms with Crippen LogP contribution in [-0.4, -0.2) is 19.5 Å². The fourth-order valence-corrected chi connectivity index (χ4v) is 8.25. The van der Waals surface area contributed by atoms with E-state index in [9.17, 15) is 0 Å². The Morgan fingerprint density at radius 2 is 0.792 bits per heavy atom. The molecule has 11 aromatic rings. The highest BCUT2D eigenvalue weighted by Crippen LogP contribution is 2.44. The van der Waals surface area contributed by atoms with E-state index < -0.39 is 0 Å². The summed E-state index contributed by atoms with van der Waals surface area (Å²) in [6.07, 6.45) is 0. The minimum atomic E-state index is 0.629. The summed E-state index contributed by atoms with van der Waals surface area (Å²) in [5.41, 5.74) is 6.21. The van der Waals surface area contributed by atoms with Crippen LogP contribution in [0.2, 0.25) is 0 Å². The molecular weight excluding hydrogens is 645 g/mol. The summed E-state index contributed by atoms with van der Waals surface area (Å²) in [7, 11) is 0. The van der Waals surface area contributed by atoms with Gasteiger partial charge in [-0.3, -0.25) is 0 Å². The van der Waals surface area contributed by atoms with Crippen molar-refractivity contribution in [1.29, 1.82) is 0 Å².